The molecular formula is C21H22N2O2S2. The van der Waals surface area contributed by atoms with Crippen LogP contribution in [0.2, 0.25) is 0 Å². The maximum Gasteiger partial charge on any atom is 0.267 e. The number of hydrogen-bond acceptors (Lipinski definition) is 5. The van der Waals surface area contributed by atoms with Crippen molar-refractivity contribution in [2.24, 2.45) is 0 Å². The molecule has 0 saturated heterocycles. The summed E-state index contributed by atoms with van der Waals surface area (Å²) in [5, 5.41) is 1.45. The summed E-state index contributed by atoms with van der Waals surface area (Å²) in [6.07, 6.45) is 0.728. The molecule has 2 aromatic heterocycles. The van der Waals surface area contributed by atoms with Gasteiger partial charge in [-0.2, -0.15) is 0 Å². The third kappa shape index (κ3) is 3.49. The van der Waals surface area contributed by atoms with Crippen LogP contribution in [0.15, 0.2) is 52.4 Å². The van der Waals surface area contributed by atoms with Crippen LogP contribution in [-0.4, -0.2) is 20.9 Å². The van der Waals surface area contributed by atoms with Gasteiger partial charge >= 0.3 is 0 Å². The fourth-order valence-electron chi connectivity index (χ4n) is 3.26. The van der Waals surface area contributed by atoms with Gasteiger partial charge in [-0.1, -0.05) is 42.1 Å². The van der Waals surface area contributed by atoms with Crippen LogP contribution in [0.4, 0.5) is 0 Å². The van der Waals surface area contributed by atoms with E-state index in [4.69, 9.17) is 9.72 Å². The molecule has 1 aliphatic rings. The maximum atomic E-state index is 13.6. The van der Waals surface area contributed by atoms with E-state index < -0.39 is 0 Å². The van der Waals surface area contributed by atoms with E-state index >= 15 is 0 Å². The van der Waals surface area contributed by atoms with Gasteiger partial charge in [0.1, 0.15) is 4.83 Å². The average molecular weight is 399 g/mol. The third-order valence-electron chi connectivity index (χ3n) is 4.54. The molecule has 0 saturated carbocycles. The smallest absolute Gasteiger partial charge is 0.267 e. The summed E-state index contributed by atoms with van der Waals surface area (Å²) < 4.78 is 7.68. The minimum atomic E-state index is -0.265. The fourth-order valence-corrected chi connectivity index (χ4v) is 5.26. The van der Waals surface area contributed by atoms with Gasteiger partial charge in [0.05, 0.1) is 23.3 Å². The quantitative estimate of drug-likeness (QED) is 0.354. The van der Waals surface area contributed by atoms with Crippen LogP contribution in [-0.2, 0) is 17.8 Å². The summed E-state index contributed by atoms with van der Waals surface area (Å²) >= 11 is 3.13. The molecule has 0 atom stereocenters. The van der Waals surface area contributed by atoms with E-state index in [1.165, 1.54) is 0 Å². The number of aromatic nitrogens is 2. The summed E-state index contributed by atoms with van der Waals surface area (Å²) in [6, 6.07) is 9.74. The number of benzene rings is 1. The Labute approximate surface area is 166 Å². The number of thiophene rings is 1. The molecule has 0 radical (unpaired) electrons. The standard InChI is InChI=1S/C21H22N2O2S2/c1-13(2)12-26-20-22-18-17(15-10-21(3,4)25-11-16(15)27-18)19(24)23(20)14-8-6-5-7-9-14/h5-9H,1,10-12H2,2-4H3. The molecule has 1 aromatic carbocycles. The first-order chi connectivity index (χ1) is 12.9. The monoisotopic (exact) mass is 398 g/mol. The molecule has 0 bridgehead atoms. The Kier molecular flexibility index (Phi) is 4.74. The predicted octanol–water partition coefficient (Wildman–Crippen LogP) is 4.97. The van der Waals surface area contributed by atoms with E-state index in [0.717, 1.165) is 44.1 Å². The number of fused-ring (bicyclic) bond motifs is 3. The average Bonchev–Trinajstić information content (AvgIpc) is 2.97. The van der Waals surface area contributed by atoms with Crippen molar-refractivity contribution < 1.29 is 4.74 Å². The molecule has 4 rings (SSSR count). The molecule has 0 fully saturated rings. The Morgan fingerprint density at radius 2 is 2.11 bits per heavy atom. The third-order valence-corrected chi connectivity index (χ3v) is 6.80. The van der Waals surface area contributed by atoms with E-state index in [-0.39, 0.29) is 11.2 Å². The van der Waals surface area contributed by atoms with Gasteiger partial charge in [-0.3, -0.25) is 9.36 Å². The SMILES string of the molecule is C=C(C)CSc1nc2sc3c(c2c(=O)n1-c1ccccc1)CC(C)(C)OC3. The summed E-state index contributed by atoms with van der Waals surface area (Å²) in [5.74, 6) is 0.728. The van der Waals surface area contributed by atoms with Crippen molar-refractivity contribution in [3.63, 3.8) is 0 Å². The number of nitrogens with zero attached hydrogens (tertiary/aromatic N) is 2. The summed E-state index contributed by atoms with van der Waals surface area (Å²) in [7, 11) is 0. The van der Waals surface area contributed by atoms with E-state index in [0.29, 0.717) is 11.8 Å². The molecule has 27 heavy (non-hydrogen) atoms. The first-order valence-electron chi connectivity index (χ1n) is 8.89. The van der Waals surface area contributed by atoms with Gasteiger partial charge in [-0.25, -0.2) is 4.98 Å². The minimum Gasteiger partial charge on any atom is -0.370 e. The molecule has 3 aromatic rings. The van der Waals surface area contributed by atoms with E-state index in [2.05, 4.69) is 20.4 Å². The number of para-hydroxylation sites is 1. The molecule has 140 valence electrons. The van der Waals surface area contributed by atoms with Crippen LogP contribution in [0.3, 0.4) is 0 Å². The number of ether oxygens (including phenoxy) is 1. The normalized spacial score (nSPS) is 15.7. The molecule has 0 unspecified atom stereocenters. The second-order valence-electron chi connectivity index (χ2n) is 7.53. The van der Waals surface area contributed by atoms with Gasteiger partial charge in [0, 0.05) is 17.1 Å². The largest absolute Gasteiger partial charge is 0.370 e. The van der Waals surface area contributed by atoms with Gasteiger partial charge in [0.15, 0.2) is 5.16 Å². The van der Waals surface area contributed by atoms with Crippen molar-refractivity contribution in [2.75, 3.05) is 5.75 Å². The van der Waals surface area contributed by atoms with Gasteiger partial charge < -0.3 is 4.74 Å². The molecule has 3 heterocycles. The van der Waals surface area contributed by atoms with Gasteiger partial charge in [0.25, 0.3) is 5.56 Å². The first-order valence-corrected chi connectivity index (χ1v) is 10.7. The predicted molar refractivity (Wildman–Crippen MR) is 113 cm³/mol. The second kappa shape index (κ2) is 6.93. The lowest BCUT2D eigenvalue weighted by Crippen LogP contribution is -2.32. The van der Waals surface area contributed by atoms with Crippen molar-refractivity contribution in [3.8, 4) is 5.69 Å². The van der Waals surface area contributed by atoms with Crippen LogP contribution in [0, 0.1) is 0 Å². The summed E-state index contributed by atoms with van der Waals surface area (Å²) in [4.78, 5) is 20.4. The summed E-state index contributed by atoms with van der Waals surface area (Å²) in [6.45, 7) is 10.6. The highest BCUT2D eigenvalue weighted by Crippen LogP contribution is 2.38. The number of hydrogen-bond donors (Lipinski definition) is 0. The molecule has 0 aliphatic carbocycles. The lowest BCUT2D eigenvalue weighted by molar-refractivity contribution is -0.0379. The number of thioether (sulfide) groups is 1. The first kappa shape index (κ1) is 18.5. The van der Waals surface area contributed by atoms with E-state index in [9.17, 15) is 4.79 Å². The minimum absolute atomic E-state index is 0.00520. The van der Waals surface area contributed by atoms with Crippen molar-refractivity contribution >= 4 is 33.3 Å². The van der Waals surface area contributed by atoms with Crippen molar-refractivity contribution in [3.05, 3.63) is 63.3 Å². The Balaban J connectivity index is 1.97. The highest BCUT2D eigenvalue weighted by molar-refractivity contribution is 7.99. The fraction of sp³-hybridized carbons (Fsp3) is 0.333. The van der Waals surface area contributed by atoms with Crippen LogP contribution in [0.5, 0.6) is 0 Å². The van der Waals surface area contributed by atoms with Crippen molar-refractivity contribution in [2.45, 2.75) is 44.6 Å². The zero-order chi connectivity index (χ0) is 19.2. The van der Waals surface area contributed by atoms with Crippen LogP contribution < -0.4 is 5.56 Å². The molecule has 0 spiro atoms. The van der Waals surface area contributed by atoms with Crippen LogP contribution in [0.25, 0.3) is 15.9 Å². The topological polar surface area (TPSA) is 44.1 Å². The summed E-state index contributed by atoms with van der Waals surface area (Å²) in [5.41, 5.74) is 2.73. The molecule has 4 nitrogen and oxygen atoms in total. The Morgan fingerprint density at radius 1 is 1.37 bits per heavy atom. The molecule has 0 amide bonds. The Hall–Kier alpha value is -1.89. The highest BCUT2D eigenvalue weighted by Gasteiger charge is 2.31. The van der Waals surface area contributed by atoms with Crippen LogP contribution in [0.1, 0.15) is 31.2 Å². The van der Waals surface area contributed by atoms with E-state index in [1.54, 1.807) is 27.7 Å². The van der Waals surface area contributed by atoms with Gasteiger partial charge in [-0.15, -0.1) is 11.3 Å². The second-order valence-corrected chi connectivity index (χ2v) is 9.55. The van der Waals surface area contributed by atoms with Gasteiger partial charge in [-0.05, 0) is 38.5 Å². The highest BCUT2D eigenvalue weighted by atomic mass is 32.2. The lowest BCUT2D eigenvalue weighted by atomic mass is 9.94. The number of rotatable bonds is 4. The van der Waals surface area contributed by atoms with Crippen molar-refractivity contribution in [1.82, 2.24) is 9.55 Å². The Morgan fingerprint density at radius 3 is 2.81 bits per heavy atom. The molecular weight excluding hydrogens is 376 g/mol. The van der Waals surface area contributed by atoms with Gasteiger partial charge in [0.2, 0.25) is 0 Å². The van der Waals surface area contributed by atoms with E-state index in [1.807, 2.05) is 37.3 Å². The zero-order valence-corrected chi connectivity index (χ0v) is 17.4. The maximum absolute atomic E-state index is 13.6. The van der Waals surface area contributed by atoms with Crippen molar-refractivity contribution in [1.29, 1.82) is 0 Å². The Bertz CT molecular complexity index is 1080. The molecule has 1 aliphatic heterocycles. The molecule has 0 N–H and O–H groups in total. The molecule has 6 heteroatoms. The lowest BCUT2D eigenvalue weighted by Gasteiger charge is -2.29. The zero-order valence-electron chi connectivity index (χ0n) is 15.7. The van der Waals surface area contributed by atoms with Crippen LogP contribution >= 0.6 is 23.1 Å².